The van der Waals surface area contributed by atoms with Crippen LogP contribution in [0.1, 0.15) is 111 Å². The van der Waals surface area contributed by atoms with Gasteiger partial charge in [0.15, 0.2) is 5.82 Å². The standard InChI is InChI=1S/C36H46N2O6/c1-4-5-6-7-8-9-10-11-12-13-14-15-28-24-37-33(38-25-28)29-16-18-31(19-17-29)36(41)44-32-22-20-30(21-23-32)35(40)43-26-27(2)34(39)42-3/h16-25,27H,4-15,26H2,1-3H3. The third kappa shape index (κ3) is 11.9. The zero-order valence-corrected chi connectivity index (χ0v) is 26.4. The summed E-state index contributed by atoms with van der Waals surface area (Å²) in [6.45, 7) is 3.78. The lowest BCUT2D eigenvalue weighted by molar-refractivity contribution is -0.146. The molecule has 1 heterocycles. The van der Waals surface area contributed by atoms with Crippen molar-refractivity contribution in [3.05, 3.63) is 77.6 Å². The molecular formula is C36H46N2O6. The SMILES string of the molecule is CCCCCCCCCCCCCc1cnc(-c2ccc(C(=O)Oc3ccc(C(=O)OCC(C)C(=O)OC)cc3)cc2)nc1. The Morgan fingerprint density at radius 1 is 0.705 bits per heavy atom. The molecule has 0 spiro atoms. The summed E-state index contributed by atoms with van der Waals surface area (Å²) in [7, 11) is 1.28. The van der Waals surface area contributed by atoms with Crippen molar-refractivity contribution in [3.63, 3.8) is 0 Å². The van der Waals surface area contributed by atoms with Gasteiger partial charge in [-0.3, -0.25) is 4.79 Å². The molecule has 2 aromatic carbocycles. The molecule has 0 radical (unpaired) electrons. The molecule has 0 aliphatic heterocycles. The third-order valence-corrected chi connectivity index (χ3v) is 7.52. The number of carbonyl (C=O) groups is 3. The van der Waals surface area contributed by atoms with Crippen molar-refractivity contribution >= 4 is 17.9 Å². The molecular weight excluding hydrogens is 556 g/mol. The van der Waals surface area contributed by atoms with E-state index in [2.05, 4.69) is 21.6 Å². The van der Waals surface area contributed by atoms with Gasteiger partial charge in [-0.2, -0.15) is 0 Å². The lowest BCUT2D eigenvalue weighted by Crippen LogP contribution is -2.20. The highest BCUT2D eigenvalue weighted by atomic mass is 16.5. The van der Waals surface area contributed by atoms with Crippen molar-refractivity contribution in [2.45, 2.75) is 90.9 Å². The maximum Gasteiger partial charge on any atom is 0.343 e. The largest absolute Gasteiger partial charge is 0.469 e. The summed E-state index contributed by atoms with van der Waals surface area (Å²) in [6.07, 6.45) is 19.3. The Bertz CT molecular complexity index is 1290. The molecule has 8 heteroatoms. The van der Waals surface area contributed by atoms with Crippen LogP contribution in [0.2, 0.25) is 0 Å². The van der Waals surface area contributed by atoms with Crippen LogP contribution < -0.4 is 4.74 Å². The molecule has 8 nitrogen and oxygen atoms in total. The second-order valence-electron chi connectivity index (χ2n) is 11.2. The van der Waals surface area contributed by atoms with Gasteiger partial charge in [-0.15, -0.1) is 0 Å². The molecule has 0 amide bonds. The first-order valence-electron chi connectivity index (χ1n) is 15.9. The van der Waals surface area contributed by atoms with Crippen LogP contribution in [0.25, 0.3) is 11.4 Å². The fraction of sp³-hybridized carbons (Fsp3) is 0.472. The summed E-state index contributed by atoms with van der Waals surface area (Å²) in [4.78, 5) is 45.4. The number of hydrogen-bond acceptors (Lipinski definition) is 8. The molecule has 0 saturated heterocycles. The first kappa shape index (κ1) is 34.4. The molecule has 3 rings (SSSR count). The smallest absolute Gasteiger partial charge is 0.343 e. The average Bonchev–Trinajstić information content (AvgIpc) is 3.06. The van der Waals surface area contributed by atoms with Crippen molar-refractivity contribution in [1.29, 1.82) is 0 Å². The maximum atomic E-state index is 12.7. The van der Waals surface area contributed by atoms with Crippen LogP contribution in [0, 0.1) is 5.92 Å². The number of rotatable bonds is 19. The Balaban J connectivity index is 1.38. The van der Waals surface area contributed by atoms with E-state index in [0.717, 1.165) is 24.0 Å². The van der Waals surface area contributed by atoms with E-state index in [4.69, 9.17) is 9.47 Å². The topological polar surface area (TPSA) is 105 Å². The summed E-state index contributed by atoms with van der Waals surface area (Å²) in [6, 6.07) is 13.0. The quantitative estimate of drug-likeness (QED) is 0.0768. The highest BCUT2D eigenvalue weighted by Crippen LogP contribution is 2.19. The van der Waals surface area contributed by atoms with Crippen LogP contribution in [0.5, 0.6) is 5.75 Å². The van der Waals surface area contributed by atoms with Gasteiger partial charge in [-0.25, -0.2) is 19.6 Å². The van der Waals surface area contributed by atoms with E-state index in [1.54, 1.807) is 31.2 Å². The predicted molar refractivity (Wildman–Crippen MR) is 170 cm³/mol. The van der Waals surface area contributed by atoms with Crippen LogP contribution in [-0.4, -0.2) is 41.6 Å². The van der Waals surface area contributed by atoms with Gasteiger partial charge in [0.25, 0.3) is 0 Å². The van der Waals surface area contributed by atoms with Gasteiger partial charge in [0.1, 0.15) is 12.4 Å². The zero-order valence-electron chi connectivity index (χ0n) is 26.4. The highest BCUT2D eigenvalue weighted by Gasteiger charge is 2.17. The minimum Gasteiger partial charge on any atom is -0.469 e. The number of unbranched alkanes of at least 4 members (excludes halogenated alkanes) is 10. The second kappa shape index (κ2) is 19.3. The molecule has 0 fully saturated rings. The number of nitrogens with zero attached hydrogens (tertiary/aromatic N) is 2. The fourth-order valence-electron chi connectivity index (χ4n) is 4.76. The van der Waals surface area contributed by atoms with Crippen LogP contribution >= 0.6 is 0 Å². The van der Waals surface area contributed by atoms with Gasteiger partial charge in [-0.1, -0.05) is 83.3 Å². The van der Waals surface area contributed by atoms with E-state index in [1.807, 2.05) is 12.4 Å². The molecule has 0 aliphatic carbocycles. The highest BCUT2D eigenvalue weighted by molar-refractivity contribution is 5.92. The Hall–Kier alpha value is -4.07. The normalized spacial score (nSPS) is 11.5. The molecule has 0 saturated carbocycles. The van der Waals surface area contributed by atoms with E-state index in [0.29, 0.717) is 11.4 Å². The van der Waals surface area contributed by atoms with Gasteiger partial charge in [0.05, 0.1) is 24.2 Å². The molecule has 1 unspecified atom stereocenters. The number of benzene rings is 2. The minimum atomic E-state index is -0.585. The Labute approximate surface area is 261 Å². The Morgan fingerprint density at radius 3 is 1.80 bits per heavy atom. The van der Waals surface area contributed by atoms with Crippen molar-refractivity contribution in [3.8, 4) is 17.1 Å². The van der Waals surface area contributed by atoms with Crippen molar-refractivity contribution in [2.75, 3.05) is 13.7 Å². The summed E-state index contributed by atoms with van der Waals surface area (Å²) >= 11 is 0. The number of hydrogen-bond donors (Lipinski definition) is 0. The molecule has 1 aromatic heterocycles. The van der Waals surface area contributed by atoms with Crippen molar-refractivity contribution < 1.29 is 28.6 Å². The van der Waals surface area contributed by atoms with Crippen LogP contribution in [0.4, 0.5) is 0 Å². The van der Waals surface area contributed by atoms with Crippen LogP contribution in [0.3, 0.4) is 0 Å². The summed E-state index contributed by atoms with van der Waals surface area (Å²) in [5.41, 5.74) is 2.60. The fourth-order valence-corrected chi connectivity index (χ4v) is 4.76. The summed E-state index contributed by atoms with van der Waals surface area (Å²) in [5.74, 6) is -1.24. The first-order valence-corrected chi connectivity index (χ1v) is 15.9. The van der Waals surface area contributed by atoms with Gasteiger partial charge >= 0.3 is 17.9 Å². The first-order chi connectivity index (χ1) is 21.4. The van der Waals surface area contributed by atoms with E-state index in [1.165, 1.54) is 95.6 Å². The maximum absolute atomic E-state index is 12.7. The molecule has 3 aromatic rings. The molecule has 236 valence electrons. The van der Waals surface area contributed by atoms with Gasteiger partial charge < -0.3 is 14.2 Å². The second-order valence-corrected chi connectivity index (χ2v) is 11.2. The number of methoxy groups -OCH3 is 1. The Kier molecular flexibility index (Phi) is 15.1. The molecule has 0 bridgehead atoms. The Morgan fingerprint density at radius 2 is 1.23 bits per heavy atom. The number of carbonyl (C=O) groups excluding carboxylic acids is 3. The van der Waals surface area contributed by atoms with Crippen LogP contribution in [-0.2, 0) is 20.7 Å². The van der Waals surface area contributed by atoms with E-state index < -0.39 is 23.8 Å². The number of esters is 3. The molecule has 0 N–H and O–H groups in total. The van der Waals surface area contributed by atoms with Crippen molar-refractivity contribution in [2.24, 2.45) is 5.92 Å². The summed E-state index contributed by atoms with van der Waals surface area (Å²) in [5, 5.41) is 0. The average molecular weight is 603 g/mol. The third-order valence-electron chi connectivity index (χ3n) is 7.52. The van der Waals surface area contributed by atoms with E-state index in [9.17, 15) is 14.4 Å². The minimum absolute atomic E-state index is 0.0904. The van der Waals surface area contributed by atoms with Crippen molar-refractivity contribution in [1.82, 2.24) is 9.97 Å². The predicted octanol–water partition coefficient (Wildman–Crippen LogP) is 8.18. The number of aryl methyl sites for hydroxylation is 1. The lowest BCUT2D eigenvalue weighted by Gasteiger charge is -2.10. The molecule has 1 atom stereocenters. The van der Waals surface area contributed by atoms with E-state index in [-0.39, 0.29) is 17.9 Å². The van der Waals surface area contributed by atoms with Crippen LogP contribution in [0.15, 0.2) is 60.9 Å². The monoisotopic (exact) mass is 602 g/mol. The summed E-state index contributed by atoms with van der Waals surface area (Å²) < 4.78 is 15.2. The van der Waals surface area contributed by atoms with Gasteiger partial charge in [0.2, 0.25) is 0 Å². The number of aromatic nitrogens is 2. The van der Waals surface area contributed by atoms with Gasteiger partial charge in [-0.05, 0) is 61.7 Å². The lowest BCUT2D eigenvalue weighted by atomic mass is 10.0. The number of ether oxygens (including phenoxy) is 3. The molecule has 0 aliphatic rings. The zero-order chi connectivity index (χ0) is 31.6. The van der Waals surface area contributed by atoms with Gasteiger partial charge in [0, 0.05) is 18.0 Å². The molecule has 44 heavy (non-hydrogen) atoms. The van der Waals surface area contributed by atoms with E-state index >= 15 is 0 Å².